The Morgan fingerprint density at radius 1 is 1.22 bits per heavy atom. The highest BCUT2D eigenvalue weighted by molar-refractivity contribution is 7.13. The molecule has 41 heavy (non-hydrogen) atoms. The summed E-state index contributed by atoms with van der Waals surface area (Å²) in [6.07, 6.45) is 1.43. The predicted octanol–water partition coefficient (Wildman–Crippen LogP) is 3.33. The molecule has 0 aliphatic carbocycles. The highest BCUT2D eigenvalue weighted by atomic mass is 32.1. The number of aliphatic hydroxyl groups is 1. The van der Waals surface area contributed by atoms with Gasteiger partial charge in [0.1, 0.15) is 12.6 Å². The maximum atomic E-state index is 13.8. The van der Waals surface area contributed by atoms with Crippen molar-refractivity contribution in [2.75, 3.05) is 32.8 Å². The summed E-state index contributed by atoms with van der Waals surface area (Å²) < 4.78 is 5.62. The number of nitrogens with zero attached hydrogens (tertiary/aromatic N) is 2. The quantitative estimate of drug-likeness (QED) is 0.309. The van der Waals surface area contributed by atoms with Crippen molar-refractivity contribution in [2.45, 2.75) is 72.1 Å². The molecule has 3 atom stereocenters. The molecule has 10 heteroatoms. The normalized spacial score (nSPS) is 20.1. The van der Waals surface area contributed by atoms with Gasteiger partial charge in [0.05, 0.1) is 22.2 Å². The summed E-state index contributed by atoms with van der Waals surface area (Å²) in [4.78, 5) is 46.7. The van der Waals surface area contributed by atoms with E-state index in [-0.39, 0.29) is 43.6 Å². The minimum atomic E-state index is -0.790. The zero-order chi connectivity index (χ0) is 29.6. The van der Waals surface area contributed by atoms with Crippen LogP contribution in [0.15, 0.2) is 29.8 Å². The smallest absolute Gasteiger partial charge is 0.243 e. The topological polar surface area (TPSA) is 121 Å². The number of aromatic nitrogens is 1. The van der Waals surface area contributed by atoms with Crippen molar-refractivity contribution < 1.29 is 24.2 Å². The van der Waals surface area contributed by atoms with Gasteiger partial charge in [0.2, 0.25) is 11.8 Å². The standard InChI is InChI=1S/C31H44N4O5S/c1-20-28(41-19-34-20)23-9-7-21(8-10-23)16-33-29(38)27-13-24(36)17-35(27)30(39)26(31(2,3)4)12-25(37)18-40-11-5-6-22-14-32-15-22/h7-10,19,22,24,26-27,32,36H,5-6,11-18H2,1-4H3,(H,33,38)/t24-,26-,27+/m1/s1. The van der Waals surface area contributed by atoms with Gasteiger partial charge < -0.3 is 25.4 Å². The molecule has 9 nitrogen and oxygen atoms in total. The Labute approximate surface area is 247 Å². The number of aryl methyl sites for hydroxylation is 1. The number of Topliss-reactive ketones (excluding diaryl/α,β-unsaturated/α-hetero) is 1. The molecule has 2 saturated heterocycles. The third kappa shape index (κ3) is 8.44. The van der Waals surface area contributed by atoms with E-state index in [2.05, 4.69) is 15.6 Å². The Kier molecular flexibility index (Phi) is 10.7. The molecule has 2 aliphatic rings. The van der Waals surface area contributed by atoms with Crippen molar-refractivity contribution >= 4 is 28.9 Å². The highest BCUT2D eigenvalue weighted by Crippen LogP contribution is 2.33. The summed E-state index contributed by atoms with van der Waals surface area (Å²) in [5.74, 6) is -0.618. The van der Waals surface area contributed by atoms with Gasteiger partial charge in [0, 0.05) is 38.5 Å². The Balaban J connectivity index is 1.31. The zero-order valence-electron chi connectivity index (χ0n) is 24.7. The van der Waals surface area contributed by atoms with Crippen LogP contribution in [0, 0.1) is 24.2 Å². The van der Waals surface area contributed by atoms with Crippen LogP contribution in [0.25, 0.3) is 10.4 Å². The van der Waals surface area contributed by atoms with E-state index in [0.717, 1.165) is 47.6 Å². The molecule has 3 heterocycles. The Hall–Kier alpha value is -2.66. The SMILES string of the molecule is Cc1ncsc1-c1ccc(CNC(=O)[C@@H]2C[C@@H](O)CN2C(=O)[C@@H](CC(=O)COCCCC2CNC2)C(C)(C)C)cc1. The molecule has 2 fully saturated rings. The van der Waals surface area contributed by atoms with E-state index in [0.29, 0.717) is 19.1 Å². The number of thiazole rings is 1. The Bertz CT molecular complexity index is 1190. The molecule has 0 unspecified atom stereocenters. The molecule has 2 amide bonds. The van der Waals surface area contributed by atoms with Crippen LogP contribution in [0.2, 0.25) is 0 Å². The summed E-state index contributed by atoms with van der Waals surface area (Å²) in [6.45, 7) is 10.8. The van der Waals surface area contributed by atoms with Gasteiger partial charge >= 0.3 is 0 Å². The van der Waals surface area contributed by atoms with Gasteiger partial charge in [-0.3, -0.25) is 14.4 Å². The van der Waals surface area contributed by atoms with Crippen LogP contribution in [0.3, 0.4) is 0 Å². The number of aliphatic hydroxyl groups excluding tert-OH is 1. The van der Waals surface area contributed by atoms with Crippen LogP contribution in [0.4, 0.5) is 0 Å². The maximum Gasteiger partial charge on any atom is 0.243 e. The fourth-order valence-electron chi connectivity index (χ4n) is 5.43. The number of likely N-dealkylation sites (tertiary alicyclic amines) is 1. The maximum absolute atomic E-state index is 13.8. The van der Waals surface area contributed by atoms with Crippen molar-refractivity contribution in [3.05, 3.63) is 41.0 Å². The van der Waals surface area contributed by atoms with Crippen molar-refractivity contribution in [1.29, 1.82) is 0 Å². The number of hydrogen-bond acceptors (Lipinski definition) is 8. The largest absolute Gasteiger partial charge is 0.391 e. The van der Waals surface area contributed by atoms with Crippen molar-refractivity contribution in [3.8, 4) is 10.4 Å². The average molecular weight is 585 g/mol. The van der Waals surface area contributed by atoms with E-state index in [1.54, 1.807) is 11.3 Å². The molecule has 2 aliphatic heterocycles. The monoisotopic (exact) mass is 584 g/mol. The minimum absolute atomic E-state index is 0.0172. The van der Waals surface area contributed by atoms with Crippen molar-refractivity contribution in [3.63, 3.8) is 0 Å². The lowest BCUT2D eigenvalue weighted by atomic mass is 9.77. The number of ether oxygens (including phenoxy) is 1. The first-order valence-corrected chi connectivity index (χ1v) is 15.5. The van der Waals surface area contributed by atoms with E-state index < -0.39 is 23.5 Å². The molecule has 0 saturated carbocycles. The molecule has 2 aromatic rings. The average Bonchev–Trinajstić information content (AvgIpc) is 3.51. The van der Waals surface area contributed by atoms with Crippen molar-refractivity contribution in [2.24, 2.45) is 17.3 Å². The van der Waals surface area contributed by atoms with Crippen LogP contribution in [0.1, 0.15) is 57.7 Å². The first-order valence-electron chi connectivity index (χ1n) is 14.6. The zero-order valence-corrected chi connectivity index (χ0v) is 25.5. The van der Waals surface area contributed by atoms with Crippen LogP contribution < -0.4 is 10.6 Å². The molecular formula is C31H44N4O5S. The second-order valence-corrected chi connectivity index (χ2v) is 13.3. The molecule has 1 aromatic carbocycles. The summed E-state index contributed by atoms with van der Waals surface area (Å²) in [7, 11) is 0. The molecule has 0 spiro atoms. The summed E-state index contributed by atoms with van der Waals surface area (Å²) in [5.41, 5.74) is 4.32. The predicted molar refractivity (Wildman–Crippen MR) is 159 cm³/mol. The first-order chi connectivity index (χ1) is 19.5. The van der Waals surface area contributed by atoms with E-state index in [4.69, 9.17) is 4.74 Å². The number of carbonyl (C=O) groups excluding carboxylic acids is 3. The number of rotatable bonds is 13. The van der Waals surface area contributed by atoms with Gasteiger partial charge in [-0.15, -0.1) is 11.3 Å². The summed E-state index contributed by atoms with van der Waals surface area (Å²) >= 11 is 1.59. The second-order valence-electron chi connectivity index (χ2n) is 12.5. The van der Waals surface area contributed by atoms with Crippen LogP contribution in [-0.4, -0.2) is 77.6 Å². The van der Waals surface area contributed by atoms with Gasteiger partial charge in [0.15, 0.2) is 5.78 Å². The number of ketones is 1. The number of hydrogen-bond donors (Lipinski definition) is 3. The van der Waals surface area contributed by atoms with Gasteiger partial charge in [-0.25, -0.2) is 4.98 Å². The van der Waals surface area contributed by atoms with E-state index >= 15 is 0 Å². The van der Waals surface area contributed by atoms with Crippen LogP contribution in [-0.2, 0) is 25.7 Å². The first kappa shape index (κ1) is 31.3. The lowest BCUT2D eigenvalue weighted by molar-refractivity contribution is -0.146. The van der Waals surface area contributed by atoms with Gasteiger partial charge in [-0.05, 0) is 55.3 Å². The van der Waals surface area contributed by atoms with Crippen LogP contribution >= 0.6 is 11.3 Å². The summed E-state index contributed by atoms with van der Waals surface area (Å²) in [5, 5.41) is 16.6. The molecule has 1 aromatic heterocycles. The Morgan fingerprint density at radius 3 is 2.56 bits per heavy atom. The van der Waals surface area contributed by atoms with E-state index in [1.165, 1.54) is 4.90 Å². The fraction of sp³-hybridized carbons (Fsp3) is 0.613. The number of β-amino-alcohol motifs (C(OH)–C–C–N with tert-alkyl or cyclic N) is 1. The van der Waals surface area contributed by atoms with E-state index in [9.17, 15) is 19.5 Å². The third-order valence-electron chi connectivity index (χ3n) is 8.10. The number of benzene rings is 1. The lowest BCUT2D eigenvalue weighted by Gasteiger charge is -2.34. The molecule has 224 valence electrons. The second kappa shape index (κ2) is 14.0. The molecule has 3 N–H and O–H groups in total. The summed E-state index contributed by atoms with van der Waals surface area (Å²) in [6, 6.07) is 7.17. The molecule has 0 radical (unpaired) electrons. The highest BCUT2D eigenvalue weighted by Gasteiger charge is 2.44. The number of amides is 2. The molecule has 4 rings (SSSR count). The van der Waals surface area contributed by atoms with Gasteiger partial charge in [-0.2, -0.15) is 0 Å². The van der Waals surface area contributed by atoms with Gasteiger partial charge in [-0.1, -0.05) is 45.0 Å². The van der Waals surface area contributed by atoms with E-state index in [1.807, 2.05) is 57.5 Å². The Morgan fingerprint density at radius 2 is 1.95 bits per heavy atom. The number of nitrogens with one attached hydrogen (secondary N) is 2. The molecular weight excluding hydrogens is 540 g/mol. The van der Waals surface area contributed by atoms with Gasteiger partial charge in [0.25, 0.3) is 0 Å². The third-order valence-corrected chi connectivity index (χ3v) is 9.08. The number of carbonyl (C=O) groups is 3. The fourth-order valence-corrected chi connectivity index (χ4v) is 6.24. The molecule has 0 bridgehead atoms. The lowest BCUT2D eigenvalue weighted by Crippen LogP contribution is -2.50. The van der Waals surface area contributed by atoms with Crippen molar-refractivity contribution in [1.82, 2.24) is 20.5 Å². The minimum Gasteiger partial charge on any atom is -0.391 e. The van der Waals surface area contributed by atoms with Crippen LogP contribution in [0.5, 0.6) is 0 Å².